The lowest BCUT2D eigenvalue weighted by Gasteiger charge is -2.08. The van der Waals surface area contributed by atoms with Gasteiger partial charge in [0, 0.05) is 18.6 Å². The third-order valence-electron chi connectivity index (χ3n) is 2.82. The van der Waals surface area contributed by atoms with E-state index in [1.807, 2.05) is 7.05 Å². The van der Waals surface area contributed by atoms with Crippen LogP contribution in [0.3, 0.4) is 0 Å². The Morgan fingerprint density at radius 3 is 2.30 bits per heavy atom. The topological polar surface area (TPSA) is 111 Å². The summed E-state index contributed by atoms with van der Waals surface area (Å²) in [5.74, 6) is -3.65. The Hall–Kier alpha value is -1.96. The van der Waals surface area contributed by atoms with E-state index in [2.05, 4.69) is 46.5 Å². The number of hydrogen-bond donors (Lipinski definition) is 5. The molecule has 20 heavy (non-hydrogen) atoms. The molecule has 0 bridgehead atoms. The summed E-state index contributed by atoms with van der Waals surface area (Å²) in [5, 5.41) is 18.0. The van der Waals surface area contributed by atoms with E-state index >= 15 is 0 Å². The van der Waals surface area contributed by atoms with Crippen LogP contribution in [0, 0.1) is 0 Å². The smallest absolute Gasteiger partial charge is 0.414 e. The number of rotatable bonds is 3. The minimum absolute atomic E-state index is 0.453. The van der Waals surface area contributed by atoms with Crippen molar-refractivity contribution < 1.29 is 19.8 Å². The number of likely N-dealkylation sites (N-methyl/N-ethyl adjacent to an activating group) is 1. The van der Waals surface area contributed by atoms with Crippen molar-refractivity contribution >= 4 is 11.9 Å². The molecule has 0 amide bonds. The molecular weight excluding hydrogens is 262 g/mol. The average molecular weight is 281 g/mol. The summed E-state index contributed by atoms with van der Waals surface area (Å²) in [4.78, 5) is 18.2. The standard InChI is InChI=1S/C11H17N3.C2H2O4/c1-12-8-10-7-11(14-13-10)9-5-3-2-4-6-9;3-1(4)2(5)6/h2-6,10-14H,7-8H2,1H3;(H,3,4)(H,5,6). The van der Waals surface area contributed by atoms with Gasteiger partial charge in [-0.05, 0) is 19.0 Å². The van der Waals surface area contributed by atoms with Crippen LogP contribution in [0.15, 0.2) is 30.3 Å². The first-order chi connectivity index (χ1) is 9.54. The lowest BCUT2D eigenvalue weighted by molar-refractivity contribution is -0.159. The summed E-state index contributed by atoms with van der Waals surface area (Å²) < 4.78 is 0. The van der Waals surface area contributed by atoms with Gasteiger partial charge in [0.1, 0.15) is 0 Å². The largest absolute Gasteiger partial charge is 0.473 e. The van der Waals surface area contributed by atoms with Gasteiger partial charge in [0.05, 0.1) is 0 Å². The van der Waals surface area contributed by atoms with Gasteiger partial charge < -0.3 is 15.5 Å². The second-order valence-electron chi connectivity index (χ2n) is 4.35. The van der Waals surface area contributed by atoms with Crippen molar-refractivity contribution in [2.75, 3.05) is 13.6 Å². The molecule has 0 aromatic heterocycles. The molecule has 110 valence electrons. The molecule has 5 N–H and O–H groups in total. The monoisotopic (exact) mass is 281 g/mol. The van der Waals surface area contributed by atoms with E-state index in [1.54, 1.807) is 0 Å². The lowest BCUT2D eigenvalue weighted by Crippen LogP contribution is -2.36. The molecule has 1 aromatic rings. The number of hydrazine groups is 1. The summed E-state index contributed by atoms with van der Waals surface area (Å²) in [6, 6.07) is 11.5. The van der Waals surface area contributed by atoms with Crippen molar-refractivity contribution in [2.24, 2.45) is 0 Å². The van der Waals surface area contributed by atoms with Gasteiger partial charge in [-0.15, -0.1) is 0 Å². The van der Waals surface area contributed by atoms with Crippen molar-refractivity contribution in [2.45, 2.75) is 18.5 Å². The quantitative estimate of drug-likeness (QED) is 0.495. The first-order valence-electron chi connectivity index (χ1n) is 6.21. The molecule has 0 saturated carbocycles. The highest BCUT2D eigenvalue weighted by atomic mass is 16.4. The fraction of sp³-hybridized carbons (Fsp3) is 0.385. The van der Waals surface area contributed by atoms with E-state index in [4.69, 9.17) is 19.8 Å². The fourth-order valence-corrected chi connectivity index (χ4v) is 1.91. The predicted octanol–water partition coefficient (Wildman–Crippen LogP) is -0.0308. The summed E-state index contributed by atoms with van der Waals surface area (Å²) in [6.45, 7) is 1.01. The molecule has 1 aliphatic heterocycles. The lowest BCUT2D eigenvalue weighted by atomic mass is 10.0. The van der Waals surface area contributed by atoms with E-state index in [1.165, 1.54) is 5.56 Å². The predicted molar refractivity (Wildman–Crippen MR) is 73.1 cm³/mol. The van der Waals surface area contributed by atoms with E-state index in [-0.39, 0.29) is 0 Å². The number of carbonyl (C=O) groups is 2. The second kappa shape index (κ2) is 8.26. The molecule has 0 spiro atoms. The van der Waals surface area contributed by atoms with Crippen LogP contribution < -0.4 is 16.2 Å². The Labute approximate surface area is 117 Å². The number of carboxylic acids is 2. The maximum absolute atomic E-state index is 9.10. The summed E-state index contributed by atoms with van der Waals surface area (Å²) in [7, 11) is 1.98. The molecule has 7 heteroatoms. The normalized spacial score (nSPS) is 20.9. The second-order valence-corrected chi connectivity index (χ2v) is 4.35. The zero-order chi connectivity index (χ0) is 15.0. The number of benzene rings is 1. The van der Waals surface area contributed by atoms with Crippen molar-refractivity contribution in [3.63, 3.8) is 0 Å². The Bertz CT molecular complexity index is 427. The highest BCUT2D eigenvalue weighted by molar-refractivity contribution is 6.27. The van der Waals surface area contributed by atoms with Crippen LogP contribution in [0.4, 0.5) is 0 Å². The summed E-state index contributed by atoms with van der Waals surface area (Å²) in [6.07, 6.45) is 1.14. The molecule has 7 nitrogen and oxygen atoms in total. The molecule has 1 aromatic carbocycles. The fourth-order valence-electron chi connectivity index (χ4n) is 1.91. The van der Waals surface area contributed by atoms with Gasteiger partial charge in [-0.25, -0.2) is 15.0 Å². The van der Waals surface area contributed by atoms with Crippen molar-refractivity contribution in [1.29, 1.82) is 0 Å². The van der Waals surface area contributed by atoms with Gasteiger partial charge in [0.2, 0.25) is 0 Å². The van der Waals surface area contributed by atoms with Crippen LogP contribution >= 0.6 is 0 Å². The SMILES string of the molecule is CNCC1CC(c2ccccc2)NN1.O=C(O)C(=O)O. The van der Waals surface area contributed by atoms with Crippen LogP contribution in [-0.2, 0) is 9.59 Å². The maximum Gasteiger partial charge on any atom is 0.414 e. The average Bonchev–Trinajstić information content (AvgIpc) is 2.89. The van der Waals surface area contributed by atoms with Gasteiger partial charge in [-0.3, -0.25) is 5.43 Å². The van der Waals surface area contributed by atoms with E-state index in [0.717, 1.165) is 13.0 Å². The van der Waals surface area contributed by atoms with Crippen molar-refractivity contribution in [1.82, 2.24) is 16.2 Å². The molecular formula is C13H19N3O4. The summed E-state index contributed by atoms with van der Waals surface area (Å²) in [5.41, 5.74) is 7.97. The minimum atomic E-state index is -1.82. The molecule has 1 fully saturated rings. The molecule has 1 aliphatic rings. The Balaban J connectivity index is 0.000000286. The zero-order valence-corrected chi connectivity index (χ0v) is 11.2. The molecule has 2 unspecified atom stereocenters. The first-order valence-corrected chi connectivity index (χ1v) is 6.21. The number of hydrogen-bond acceptors (Lipinski definition) is 5. The first kappa shape index (κ1) is 16.1. The molecule has 0 radical (unpaired) electrons. The Kier molecular flexibility index (Phi) is 6.65. The molecule has 1 heterocycles. The van der Waals surface area contributed by atoms with Crippen LogP contribution in [-0.4, -0.2) is 41.8 Å². The van der Waals surface area contributed by atoms with E-state index in [9.17, 15) is 0 Å². The Morgan fingerprint density at radius 2 is 1.80 bits per heavy atom. The summed E-state index contributed by atoms with van der Waals surface area (Å²) >= 11 is 0. The highest BCUT2D eigenvalue weighted by Gasteiger charge is 2.23. The van der Waals surface area contributed by atoms with Crippen LogP contribution in [0.25, 0.3) is 0 Å². The number of nitrogens with one attached hydrogen (secondary N) is 3. The van der Waals surface area contributed by atoms with Gasteiger partial charge in [-0.2, -0.15) is 0 Å². The van der Waals surface area contributed by atoms with Crippen LogP contribution in [0.2, 0.25) is 0 Å². The number of aliphatic carboxylic acids is 2. The van der Waals surface area contributed by atoms with Crippen LogP contribution in [0.1, 0.15) is 18.0 Å². The third kappa shape index (κ3) is 5.35. The minimum Gasteiger partial charge on any atom is -0.473 e. The number of carboxylic acid groups (broad SMARTS) is 2. The van der Waals surface area contributed by atoms with Gasteiger partial charge in [-0.1, -0.05) is 30.3 Å². The van der Waals surface area contributed by atoms with Crippen LogP contribution in [0.5, 0.6) is 0 Å². The van der Waals surface area contributed by atoms with E-state index in [0.29, 0.717) is 12.1 Å². The van der Waals surface area contributed by atoms with Crippen molar-refractivity contribution in [3.05, 3.63) is 35.9 Å². The molecule has 2 atom stereocenters. The van der Waals surface area contributed by atoms with Gasteiger partial charge >= 0.3 is 11.9 Å². The van der Waals surface area contributed by atoms with E-state index < -0.39 is 11.9 Å². The van der Waals surface area contributed by atoms with Gasteiger partial charge in [0.15, 0.2) is 0 Å². The Morgan fingerprint density at radius 1 is 1.20 bits per heavy atom. The molecule has 1 saturated heterocycles. The maximum atomic E-state index is 9.10. The van der Waals surface area contributed by atoms with Gasteiger partial charge in [0.25, 0.3) is 0 Å². The molecule has 2 rings (SSSR count). The molecule has 0 aliphatic carbocycles. The van der Waals surface area contributed by atoms with Crippen molar-refractivity contribution in [3.8, 4) is 0 Å². The zero-order valence-electron chi connectivity index (χ0n) is 11.2. The highest BCUT2D eigenvalue weighted by Crippen LogP contribution is 2.21. The third-order valence-corrected chi connectivity index (χ3v) is 2.82.